The summed E-state index contributed by atoms with van der Waals surface area (Å²) in [5, 5.41) is 0. The van der Waals surface area contributed by atoms with Gasteiger partial charge in [-0.2, -0.15) is 0 Å². The van der Waals surface area contributed by atoms with Crippen molar-refractivity contribution in [1.29, 1.82) is 0 Å². The Morgan fingerprint density at radius 2 is 1.89 bits per heavy atom. The van der Waals surface area contributed by atoms with Crippen LogP contribution >= 0.6 is 12.4 Å². The highest BCUT2D eigenvalue weighted by Crippen LogP contribution is 2.49. The van der Waals surface area contributed by atoms with Crippen LogP contribution in [0, 0.1) is 0 Å². The summed E-state index contributed by atoms with van der Waals surface area (Å²) < 4.78 is 17.3. The molecule has 7 heteroatoms. The first-order valence-corrected chi connectivity index (χ1v) is 12.9. The number of rotatable bonds is 10. The first-order valence-electron chi connectivity index (χ1n) is 12.9. The molecule has 1 fully saturated rings. The second kappa shape index (κ2) is 13.0. The standard InChI is InChI=1S/C29H37NO5.ClH/c1-20(9-7-12-23-10-5-4-6-11-23)34-26-18-27-29(28(19-26)35-22(3)32)24(14-16-33-21(2)31)17-25-13-8-15-30(25)27;/h4-6,10-11,18-20,24-25H,7-9,12-17H2,1-3H3;1H/t20?,24?,25-;/m0./s1. The van der Waals surface area contributed by atoms with Gasteiger partial charge in [-0.25, -0.2) is 0 Å². The van der Waals surface area contributed by atoms with Gasteiger partial charge in [0.25, 0.3) is 0 Å². The molecule has 6 nitrogen and oxygen atoms in total. The quantitative estimate of drug-likeness (QED) is 0.276. The number of fused-ring (bicyclic) bond motifs is 3. The predicted octanol–water partition coefficient (Wildman–Crippen LogP) is 6.23. The Balaban J connectivity index is 0.00000361. The van der Waals surface area contributed by atoms with Gasteiger partial charge < -0.3 is 19.1 Å². The van der Waals surface area contributed by atoms with E-state index in [1.165, 1.54) is 19.4 Å². The number of anilines is 1. The third-order valence-corrected chi connectivity index (χ3v) is 7.03. The normalized spacial score (nSPS) is 18.9. The molecule has 0 radical (unpaired) electrons. The van der Waals surface area contributed by atoms with Crippen LogP contribution in [-0.2, 0) is 20.7 Å². The minimum Gasteiger partial charge on any atom is -0.491 e. The number of hydrogen-bond acceptors (Lipinski definition) is 6. The van der Waals surface area contributed by atoms with E-state index >= 15 is 0 Å². The van der Waals surface area contributed by atoms with E-state index in [4.69, 9.17) is 14.2 Å². The number of esters is 2. The highest BCUT2D eigenvalue weighted by atomic mass is 35.5. The molecule has 0 aromatic heterocycles. The molecule has 1 saturated heterocycles. The summed E-state index contributed by atoms with van der Waals surface area (Å²) >= 11 is 0. The van der Waals surface area contributed by atoms with Gasteiger partial charge in [0, 0.05) is 49.8 Å². The lowest BCUT2D eigenvalue weighted by atomic mass is 9.83. The molecule has 2 unspecified atom stereocenters. The lowest BCUT2D eigenvalue weighted by Crippen LogP contribution is -2.36. The van der Waals surface area contributed by atoms with Gasteiger partial charge in [0.15, 0.2) is 0 Å². The summed E-state index contributed by atoms with van der Waals surface area (Å²) in [6.45, 7) is 6.31. The summed E-state index contributed by atoms with van der Waals surface area (Å²) in [5.41, 5.74) is 3.47. The Bertz CT molecular complexity index is 1030. The van der Waals surface area contributed by atoms with Crippen molar-refractivity contribution in [1.82, 2.24) is 0 Å². The largest absolute Gasteiger partial charge is 0.491 e. The van der Waals surface area contributed by atoms with Crippen LogP contribution in [0.4, 0.5) is 5.69 Å². The number of carbonyl (C=O) groups is 2. The van der Waals surface area contributed by atoms with Gasteiger partial charge >= 0.3 is 11.9 Å². The molecule has 3 atom stereocenters. The fraction of sp³-hybridized carbons (Fsp3) is 0.517. The Hall–Kier alpha value is -2.73. The molecule has 2 aliphatic heterocycles. The molecule has 2 aromatic carbocycles. The zero-order valence-electron chi connectivity index (χ0n) is 21.5. The van der Waals surface area contributed by atoms with E-state index in [0.29, 0.717) is 24.8 Å². The maximum absolute atomic E-state index is 12.0. The van der Waals surface area contributed by atoms with E-state index in [1.54, 1.807) is 0 Å². The van der Waals surface area contributed by atoms with Crippen molar-refractivity contribution in [2.24, 2.45) is 0 Å². The van der Waals surface area contributed by atoms with Crippen LogP contribution < -0.4 is 14.4 Å². The Morgan fingerprint density at radius 3 is 2.61 bits per heavy atom. The first kappa shape index (κ1) is 27.9. The number of nitrogens with zero attached hydrogens (tertiary/aromatic N) is 1. The van der Waals surface area contributed by atoms with Gasteiger partial charge in [0.1, 0.15) is 11.5 Å². The minimum absolute atomic E-state index is 0. The number of benzene rings is 2. The highest BCUT2D eigenvalue weighted by Gasteiger charge is 2.38. The monoisotopic (exact) mass is 515 g/mol. The molecule has 2 aromatic rings. The van der Waals surface area contributed by atoms with Crippen LogP contribution in [0.5, 0.6) is 11.5 Å². The number of halogens is 1. The summed E-state index contributed by atoms with van der Waals surface area (Å²) in [6, 6.07) is 14.9. The third-order valence-electron chi connectivity index (χ3n) is 7.03. The van der Waals surface area contributed by atoms with Crippen molar-refractivity contribution in [3.63, 3.8) is 0 Å². The number of hydrogen-bond donors (Lipinski definition) is 0. The zero-order chi connectivity index (χ0) is 24.8. The van der Waals surface area contributed by atoms with Crippen molar-refractivity contribution in [2.45, 2.75) is 83.8 Å². The molecule has 0 saturated carbocycles. The molecule has 0 bridgehead atoms. The average Bonchev–Trinajstić information content (AvgIpc) is 3.28. The van der Waals surface area contributed by atoms with E-state index in [2.05, 4.69) is 42.2 Å². The fourth-order valence-electron chi connectivity index (χ4n) is 5.52. The summed E-state index contributed by atoms with van der Waals surface area (Å²) in [6.07, 6.45) is 7.01. The number of aryl methyl sites for hydroxylation is 1. The molecule has 2 heterocycles. The van der Waals surface area contributed by atoms with Crippen molar-refractivity contribution >= 4 is 30.0 Å². The Kier molecular flexibility index (Phi) is 10.1. The smallest absolute Gasteiger partial charge is 0.308 e. The van der Waals surface area contributed by atoms with E-state index < -0.39 is 0 Å². The highest BCUT2D eigenvalue weighted by molar-refractivity contribution is 5.85. The maximum atomic E-state index is 12.0. The lowest BCUT2D eigenvalue weighted by molar-refractivity contribution is -0.141. The van der Waals surface area contributed by atoms with Crippen molar-refractivity contribution in [2.75, 3.05) is 18.1 Å². The van der Waals surface area contributed by atoms with Gasteiger partial charge in [-0.05, 0) is 63.4 Å². The molecule has 4 rings (SSSR count). The topological polar surface area (TPSA) is 65.1 Å². The van der Waals surface area contributed by atoms with Crippen LogP contribution in [0.2, 0.25) is 0 Å². The maximum Gasteiger partial charge on any atom is 0.308 e. The van der Waals surface area contributed by atoms with Crippen LogP contribution in [0.25, 0.3) is 0 Å². The van der Waals surface area contributed by atoms with Gasteiger partial charge in [0.2, 0.25) is 0 Å². The summed E-state index contributed by atoms with van der Waals surface area (Å²) in [7, 11) is 0. The number of ether oxygens (including phenoxy) is 3. The molecule has 2 aliphatic rings. The number of carbonyl (C=O) groups excluding carboxylic acids is 2. The van der Waals surface area contributed by atoms with E-state index in [9.17, 15) is 9.59 Å². The van der Waals surface area contributed by atoms with Gasteiger partial charge in [-0.15, -0.1) is 12.4 Å². The summed E-state index contributed by atoms with van der Waals surface area (Å²) in [5.74, 6) is 0.852. The molecule has 196 valence electrons. The third kappa shape index (κ3) is 7.16. The van der Waals surface area contributed by atoms with Crippen LogP contribution in [0.1, 0.15) is 76.3 Å². The van der Waals surface area contributed by atoms with Gasteiger partial charge in [-0.3, -0.25) is 9.59 Å². The zero-order valence-corrected chi connectivity index (χ0v) is 22.4. The van der Waals surface area contributed by atoms with Gasteiger partial charge in [-0.1, -0.05) is 30.3 Å². The second-order valence-corrected chi connectivity index (χ2v) is 9.80. The molecular weight excluding hydrogens is 478 g/mol. The molecule has 0 aliphatic carbocycles. The second-order valence-electron chi connectivity index (χ2n) is 9.80. The molecule has 36 heavy (non-hydrogen) atoms. The fourth-order valence-corrected chi connectivity index (χ4v) is 5.52. The predicted molar refractivity (Wildman–Crippen MR) is 143 cm³/mol. The van der Waals surface area contributed by atoms with Crippen LogP contribution in [0.3, 0.4) is 0 Å². The Labute approximate surface area is 220 Å². The SMILES string of the molecule is CC(=O)OCCC1C[C@@H]2CCCN2c2cc(OC(C)CCCc3ccccc3)cc(OC(C)=O)c21.Cl. The first-order chi connectivity index (χ1) is 16.9. The molecular formula is C29H38ClNO5. The van der Waals surface area contributed by atoms with E-state index in [1.807, 2.05) is 12.1 Å². The van der Waals surface area contributed by atoms with Crippen LogP contribution in [-0.4, -0.2) is 37.2 Å². The molecule has 0 amide bonds. The van der Waals surface area contributed by atoms with E-state index in [-0.39, 0.29) is 36.4 Å². The minimum atomic E-state index is -0.345. The Morgan fingerprint density at radius 1 is 1.11 bits per heavy atom. The van der Waals surface area contributed by atoms with E-state index in [0.717, 1.165) is 62.1 Å². The van der Waals surface area contributed by atoms with Crippen molar-refractivity contribution in [3.05, 3.63) is 53.6 Å². The van der Waals surface area contributed by atoms with Crippen molar-refractivity contribution < 1.29 is 23.8 Å². The van der Waals surface area contributed by atoms with Gasteiger partial charge in [0.05, 0.1) is 12.7 Å². The molecule has 0 N–H and O–H groups in total. The average molecular weight is 516 g/mol. The van der Waals surface area contributed by atoms with Crippen LogP contribution in [0.15, 0.2) is 42.5 Å². The van der Waals surface area contributed by atoms with Crippen molar-refractivity contribution in [3.8, 4) is 11.5 Å². The molecule has 0 spiro atoms. The summed E-state index contributed by atoms with van der Waals surface area (Å²) in [4.78, 5) is 25.8. The lowest BCUT2D eigenvalue weighted by Gasteiger charge is -2.39.